The lowest BCUT2D eigenvalue weighted by Gasteiger charge is -2.09. The maximum atomic E-state index is 13.2. The van der Waals surface area contributed by atoms with Crippen LogP contribution < -0.4 is 5.56 Å². The Morgan fingerprint density at radius 2 is 1.97 bits per heavy atom. The number of benzene rings is 1. The van der Waals surface area contributed by atoms with Crippen LogP contribution in [0.15, 0.2) is 44.4 Å². The summed E-state index contributed by atoms with van der Waals surface area (Å²) in [6.45, 7) is 2.81. The minimum atomic E-state index is -0.977. The smallest absolute Gasteiger partial charge is 0.286 e. The summed E-state index contributed by atoms with van der Waals surface area (Å²) in [7, 11) is 0. The van der Waals surface area contributed by atoms with Gasteiger partial charge in [0.15, 0.2) is 15.9 Å². The second kappa shape index (κ2) is 9.47. The van der Waals surface area contributed by atoms with Gasteiger partial charge >= 0.3 is 0 Å². The molecule has 5 rings (SSSR count). The van der Waals surface area contributed by atoms with E-state index in [4.69, 9.17) is 4.52 Å². The highest BCUT2D eigenvalue weighted by Gasteiger charge is 2.21. The number of hydrogen-bond acceptors (Lipinski definition) is 8. The molecule has 0 aliphatic rings. The van der Waals surface area contributed by atoms with Gasteiger partial charge in [-0.05, 0) is 27.9 Å². The van der Waals surface area contributed by atoms with Crippen LogP contribution in [0, 0.1) is 0 Å². The molecule has 12 heteroatoms. The molecule has 0 spiro atoms. The molecule has 0 aliphatic heterocycles. The molecule has 0 bridgehead atoms. The van der Waals surface area contributed by atoms with E-state index in [1.807, 2.05) is 22.8 Å². The number of rotatable bonds is 9. The van der Waals surface area contributed by atoms with Crippen LogP contribution in [0.1, 0.15) is 55.4 Å². The summed E-state index contributed by atoms with van der Waals surface area (Å²) >= 11 is 3.33. The van der Waals surface area contributed by atoms with Gasteiger partial charge in [0, 0.05) is 19.4 Å². The molecule has 34 heavy (non-hydrogen) atoms. The van der Waals surface area contributed by atoms with Crippen LogP contribution in [0.25, 0.3) is 16.9 Å². The number of aryl methyl sites for hydroxylation is 3. The quantitative estimate of drug-likeness (QED) is 0.220. The van der Waals surface area contributed by atoms with Gasteiger partial charge in [0.25, 0.3) is 5.56 Å². The van der Waals surface area contributed by atoms with Crippen LogP contribution in [0.5, 0.6) is 0 Å². The lowest BCUT2D eigenvalue weighted by Crippen LogP contribution is -2.21. The molecule has 2 N–H and O–H groups in total. The van der Waals surface area contributed by atoms with Crippen molar-refractivity contribution in [1.29, 1.82) is 0 Å². The van der Waals surface area contributed by atoms with Gasteiger partial charge in [-0.3, -0.25) is 9.36 Å². The van der Waals surface area contributed by atoms with Gasteiger partial charge < -0.3 is 14.6 Å². The number of hydrogen-bond donors (Lipinski definition) is 2. The minimum absolute atomic E-state index is 0.189. The highest BCUT2D eigenvalue weighted by molar-refractivity contribution is 9.10. The average molecular weight is 527 g/mol. The summed E-state index contributed by atoms with van der Waals surface area (Å²) < 4.78 is 9.25. The standard InChI is InChI=1S/C22H23BrN8O3/c1-2-3-7-12-30-19-16(25-21(23)26-19)20(33)31-14(27-28-22(30)31)10-11-15-24-18(29-34-15)17(32)13-8-5-4-6-9-13/h4-6,8-9,17,32H,2-3,7,10-12H2,1H3,(H,25,26). The van der Waals surface area contributed by atoms with Crippen molar-refractivity contribution in [2.24, 2.45) is 0 Å². The number of halogens is 1. The highest BCUT2D eigenvalue weighted by atomic mass is 79.9. The van der Waals surface area contributed by atoms with Crippen LogP contribution in [0.4, 0.5) is 0 Å². The zero-order valence-corrected chi connectivity index (χ0v) is 20.1. The number of unbranched alkanes of at least 4 members (excludes halogenated alkanes) is 2. The average Bonchev–Trinajstić information content (AvgIpc) is 3.58. The SMILES string of the molecule is CCCCCn1c2nc(Br)[nH]c2c(=O)n2c(CCc3nc(C(O)c4ccccc4)no3)nnc12. The number of aliphatic hydroxyl groups excluding tert-OH is 1. The topological polar surface area (TPSA) is 140 Å². The normalized spacial score (nSPS) is 12.7. The summed E-state index contributed by atoms with van der Waals surface area (Å²) in [5, 5.41) is 23.0. The van der Waals surface area contributed by atoms with E-state index in [9.17, 15) is 9.90 Å². The summed E-state index contributed by atoms with van der Waals surface area (Å²) in [5.74, 6) is 1.47. The number of fused-ring (bicyclic) bond motifs is 2. The molecule has 0 fully saturated rings. The summed E-state index contributed by atoms with van der Waals surface area (Å²) in [6.07, 6.45) is 2.79. The van der Waals surface area contributed by atoms with Crippen LogP contribution in [0.2, 0.25) is 0 Å². The van der Waals surface area contributed by atoms with Crippen molar-refractivity contribution < 1.29 is 9.63 Å². The fraction of sp³-hybridized carbons (Fsp3) is 0.364. The lowest BCUT2D eigenvalue weighted by molar-refractivity contribution is 0.204. The third kappa shape index (κ3) is 4.14. The summed E-state index contributed by atoms with van der Waals surface area (Å²) in [4.78, 5) is 25.0. The first-order valence-electron chi connectivity index (χ1n) is 11.1. The van der Waals surface area contributed by atoms with Crippen LogP contribution in [-0.2, 0) is 19.4 Å². The molecule has 5 aromatic rings. The maximum Gasteiger partial charge on any atom is 0.286 e. The third-order valence-corrected chi connectivity index (χ3v) is 6.05. The van der Waals surface area contributed by atoms with Gasteiger partial charge in [-0.15, -0.1) is 10.2 Å². The second-order valence-corrected chi connectivity index (χ2v) is 8.75. The van der Waals surface area contributed by atoms with E-state index in [-0.39, 0.29) is 11.4 Å². The Hall–Kier alpha value is -3.38. The van der Waals surface area contributed by atoms with Crippen LogP contribution in [0.3, 0.4) is 0 Å². The molecule has 1 unspecified atom stereocenters. The molecular weight excluding hydrogens is 504 g/mol. The molecule has 11 nitrogen and oxygen atoms in total. The number of aromatic nitrogens is 8. The molecule has 0 saturated carbocycles. The molecular formula is C22H23BrN8O3. The Bertz CT molecular complexity index is 1490. The minimum Gasteiger partial charge on any atom is -0.380 e. The van der Waals surface area contributed by atoms with Gasteiger partial charge in [0.1, 0.15) is 11.9 Å². The summed E-state index contributed by atoms with van der Waals surface area (Å²) in [6, 6.07) is 9.13. The second-order valence-electron chi connectivity index (χ2n) is 8.00. The van der Waals surface area contributed by atoms with E-state index in [0.29, 0.717) is 58.3 Å². The van der Waals surface area contributed by atoms with Crippen molar-refractivity contribution in [3.8, 4) is 0 Å². The number of H-pyrrole nitrogens is 1. The van der Waals surface area contributed by atoms with Gasteiger partial charge in [-0.1, -0.05) is 55.3 Å². The fourth-order valence-corrected chi connectivity index (χ4v) is 4.31. The number of nitrogens with zero attached hydrogens (tertiary/aromatic N) is 7. The highest BCUT2D eigenvalue weighted by Crippen LogP contribution is 2.20. The molecule has 1 atom stereocenters. The van der Waals surface area contributed by atoms with E-state index in [1.165, 1.54) is 4.40 Å². The molecule has 4 heterocycles. The first-order valence-corrected chi connectivity index (χ1v) is 11.9. The zero-order chi connectivity index (χ0) is 23.7. The molecule has 0 amide bonds. The number of aliphatic hydroxyl groups is 1. The Balaban J connectivity index is 1.43. The monoisotopic (exact) mass is 526 g/mol. The molecule has 0 saturated heterocycles. The van der Waals surface area contributed by atoms with Crippen molar-refractivity contribution in [3.63, 3.8) is 0 Å². The van der Waals surface area contributed by atoms with E-state index in [2.05, 4.69) is 53.2 Å². The number of aromatic amines is 1. The van der Waals surface area contributed by atoms with Gasteiger partial charge in [0.05, 0.1) is 0 Å². The third-order valence-electron chi connectivity index (χ3n) is 5.67. The fourth-order valence-electron chi connectivity index (χ4n) is 3.95. The predicted octanol–water partition coefficient (Wildman–Crippen LogP) is 2.97. The number of nitrogens with one attached hydrogen (secondary N) is 1. The molecule has 0 aliphatic carbocycles. The Kier molecular flexibility index (Phi) is 6.24. The molecule has 4 aromatic heterocycles. The number of imidazole rings is 1. The van der Waals surface area contributed by atoms with E-state index >= 15 is 0 Å². The maximum absolute atomic E-state index is 13.2. The molecule has 176 valence electrons. The van der Waals surface area contributed by atoms with Crippen molar-refractivity contribution in [1.82, 2.24) is 39.3 Å². The van der Waals surface area contributed by atoms with Crippen LogP contribution >= 0.6 is 15.9 Å². The van der Waals surface area contributed by atoms with Gasteiger partial charge in [-0.25, -0.2) is 9.38 Å². The largest absolute Gasteiger partial charge is 0.380 e. The van der Waals surface area contributed by atoms with Gasteiger partial charge in [-0.2, -0.15) is 4.98 Å². The molecule has 1 aromatic carbocycles. The molecule has 0 radical (unpaired) electrons. The van der Waals surface area contributed by atoms with E-state index in [1.54, 1.807) is 12.1 Å². The van der Waals surface area contributed by atoms with Crippen molar-refractivity contribution in [2.45, 2.75) is 51.7 Å². The summed E-state index contributed by atoms with van der Waals surface area (Å²) in [5.41, 5.74) is 1.36. The Morgan fingerprint density at radius 3 is 2.76 bits per heavy atom. The first-order chi connectivity index (χ1) is 16.6. The van der Waals surface area contributed by atoms with Crippen LogP contribution in [-0.4, -0.2) is 44.4 Å². The Morgan fingerprint density at radius 1 is 1.15 bits per heavy atom. The van der Waals surface area contributed by atoms with Crippen molar-refractivity contribution in [3.05, 3.63) is 68.5 Å². The predicted molar refractivity (Wildman–Crippen MR) is 126 cm³/mol. The van der Waals surface area contributed by atoms with Crippen molar-refractivity contribution >= 4 is 32.9 Å². The van der Waals surface area contributed by atoms with E-state index in [0.717, 1.165) is 19.3 Å². The lowest BCUT2D eigenvalue weighted by atomic mass is 10.1. The van der Waals surface area contributed by atoms with Crippen molar-refractivity contribution in [2.75, 3.05) is 0 Å². The zero-order valence-electron chi connectivity index (χ0n) is 18.5. The first kappa shape index (κ1) is 22.4. The van der Waals surface area contributed by atoms with Gasteiger partial charge in [0.2, 0.25) is 17.5 Å². The van der Waals surface area contributed by atoms with E-state index < -0.39 is 6.10 Å². The Labute approximate surface area is 202 Å².